The quantitative estimate of drug-likeness (QED) is 0.193. The van der Waals surface area contributed by atoms with E-state index >= 15 is 0 Å². The van der Waals surface area contributed by atoms with Gasteiger partial charge >= 0.3 is 0 Å². The molecule has 10 heteroatoms. The van der Waals surface area contributed by atoms with Gasteiger partial charge in [-0.3, -0.25) is 14.4 Å². The van der Waals surface area contributed by atoms with Crippen LogP contribution in [0, 0.1) is 0 Å². The van der Waals surface area contributed by atoms with Gasteiger partial charge in [-0.05, 0) is 80.3 Å². The number of amides is 3. The molecule has 0 spiro atoms. The van der Waals surface area contributed by atoms with E-state index in [0.29, 0.717) is 6.54 Å². The molecule has 0 saturated carbocycles. The summed E-state index contributed by atoms with van der Waals surface area (Å²) in [6.45, 7) is 6.13. The Balaban J connectivity index is 1.98. The summed E-state index contributed by atoms with van der Waals surface area (Å²) in [7, 11) is 0. The average Bonchev–Trinajstić information content (AvgIpc) is 2.99. The van der Waals surface area contributed by atoms with Gasteiger partial charge in [0.15, 0.2) is 0 Å². The topological polar surface area (TPSA) is 156 Å². The number of phenols is 3. The third kappa shape index (κ3) is 8.96. The van der Waals surface area contributed by atoms with Gasteiger partial charge in [-0.2, -0.15) is 0 Å². The lowest BCUT2D eigenvalue weighted by Crippen LogP contribution is -2.59. The number of nitrogens with zero attached hydrogens (tertiary/aromatic N) is 2. The van der Waals surface area contributed by atoms with E-state index in [-0.39, 0.29) is 55.5 Å². The molecule has 230 valence electrons. The molecule has 0 aliphatic heterocycles. The molecule has 0 aromatic heterocycles. The van der Waals surface area contributed by atoms with Gasteiger partial charge in [-0.15, -0.1) is 0 Å². The standard InChI is InChI=1S/C33H42N4O6/c1-4-35-31(41)29(20-23-9-15-26(39)16-10-23)36(5-2)33(43)30(21-24-11-17-27(40)18-12-24)37(6-3)32(42)28(34)19-22-7-13-25(38)14-8-22/h7-18,28-30,38-40H,4-6,19-21,34H2,1-3H3,(H,35,41). The molecule has 3 aromatic carbocycles. The Morgan fingerprint density at radius 1 is 0.628 bits per heavy atom. The molecule has 3 unspecified atom stereocenters. The van der Waals surface area contributed by atoms with Crippen molar-refractivity contribution < 1.29 is 29.7 Å². The van der Waals surface area contributed by atoms with E-state index in [2.05, 4.69) is 5.32 Å². The molecule has 0 fully saturated rings. The Morgan fingerprint density at radius 2 is 1.00 bits per heavy atom. The number of rotatable bonds is 14. The lowest BCUT2D eigenvalue weighted by molar-refractivity contribution is -0.150. The van der Waals surface area contributed by atoms with Gasteiger partial charge in [0.2, 0.25) is 17.7 Å². The van der Waals surface area contributed by atoms with Gasteiger partial charge in [-0.25, -0.2) is 0 Å². The first-order chi connectivity index (χ1) is 20.6. The number of carbonyl (C=O) groups excluding carboxylic acids is 3. The number of nitrogens with one attached hydrogen (secondary N) is 1. The molecular formula is C33H42N4O6. The zero-order chi connectivity index (χ0) is 31.5. The van der Waals surface area contributed by atoms with Crippen LogP contribution in [0.2, 0.25) is 0 Å². The number of hydrogen-bond donors (Lipinski definition) is 5. The molecule has 3 atom stereocenters. The summed E-state index contributed by atoms with van der Waals surface area (Å²) in [4.78, 5) is 44.6. The van der Waals surface area contributed by atoms with E-state index in [1.54, 1.807) is 57.2 Å². The Labute approximate surface area is 252 Å². The zero-order valence-corrected chi connectivity index (χ0v) is 24.9. The molecule has 3 amide bonds. The molecule has 10 nitrogen and oxygen atoms in total. The molecule has 6 N–H and O–H groups in total. The second kappa shape index (κ2) is 15.6. The number of benzene rings is 3. The van der Waals surface area contributed by atoms with Gasteiger partial charge in [-0.1, -0.05) is 36.4 Å². The van der Waals surface area contributed by atoms with Crippen LogP contribution in [0.3, 0.4) is 0 Å². The molecule has 0 bridgehead atoms. The van der Waals surface area contributed by atoms with Crippen molar-refractivity contribution in [2.24, 2.45) is 5.73 Å². The minimum absolute atomic E-state index is 0.0753. The minimum Gasteiger partial charge on any atom is -0.508 e. The fraction of sp³-hybridized carbons (Fsp3) is 0.364. The van der Waals surface area contributed by atoms with Crippen LogP contribution in [0.5, 0.6) is 17.2 Å². The SMILES string of the molecule is CCNC(=O)C(Cc1ccc(O)cc1)N(CC)C(=O)C(Cc1ccc(O)cc1)N(CC)C(=O)C(N)Cc1ccc(O)cc1. The van der Waals surface area contributed by atoms with Gasteiger partial charge < -0.3 is 36.2 Å². The second-order valence-corrected chi connectivity index (χ2v) is 10.4. The number of hydrogen-bond acceptors (Lipinski definition) is 7. The Hall–Kier alpha value is -4.57. The van der Waals surface area contributed by atoms with E-state index < -0.39 is 29.9 Å². The molecule has 3 aromatic rings. The highest BCUT2D eigenvalue weighted by atomic mass is 16.3. The summed E-state index contributed by atoms with van der Waals surface area (Å²) in [5, 5.41) is 32.0. The third-order valence-electron chi connectivity index (χ3n) is 7.38. The first kappa shape index (κ1) is 32.9. The molecule has 0 aliphatic rings. The molecular weight excluding hydrogens is 548 g/mol. The summed E-state index contributed by atoms with van der Waals surface area (Å²) in [6.07, 6.45) is 0.552. The first-order valence-corrected chi connectivity index (χ1v) is 14.6. The predicted octanol–water partition coefficient (Wildman–Crippen LogP) is 2.73. The number of phenolic OH excluding ortho intramolecular Hbond substituents is 3. The van der Waals surface area contributed by atoms with Crippen molar-refractivity contribution in [1.29, 1.82) is 0 Å². The maximum Gasteiger partial charge on any atom is 0.246 e. The lowest BCUT2D eigenvalue weighted by atomic mass is 9.98. The van der Waals surface area contributed by atoms with Crippen LogP contribution in [-0.4, -0.2) is 80.6 Å². The van der Waals surface area contributed by atoms with E-state index in [0.717, 1.165) is 16.7 Å². The van der Waals surface area contributed by atoms with Crippen molar-refractivity contribution in [3.05, 3.63) is 89.5 Å². The van der Waals surface area contributed by atoms with Gasteiger partial charge in [0, 0.05) is 32.5 Å². The summed E-state index contributed by atoms with van der Waals surface area (Å²) in [6, 6.07) is 16.5. The van der Waals surface area contributed by atoms with Crippen molar-refractivity contribution in [3.63, 3.8) is 0 Å². The number of aromatic hydroxyl groups is 3. The monoisotopic (exact) mass is 590 g/mol. The van der Waals surface area contributed by atoms with Gasteiger partial charge in [0.1, 0.15) is 29.3 Å². The second-order valence-electron chi connectivity index (χ2n) is 10.4. The maximum atomic E-state index is 14.5. The highest BCUT2D eigenvalue weighted by molar-refractivity contribution is 5.93. The van der Waals surface area contributed by atoms with Crippen molar-refractivity contribution in [2.75, 3.05) is 19.6 Å². The van der Waals surface area contributed by atoms with Gasteiger partial charge in [0.25, 0.3) is 0 Å². The van der Waals surface area contributed by atoms with Crippen LogP contribution in [-0.2, 0) is 33.6 Å². The Morgan fingerprint density at radius 3 is 1.40 bits per heavy atom. The largest absolute Gasteiger partial charge is 0.508 e. The van der Waals surface area contributed by atoms with E-state index in [9.17, 15) is 29.7 Å². The fourth-order valence-corrected chi connectivity index (χ4v) is 5.12. The molecule has 3 rings (SSSR count). The minimum atomic E-state index is -0.982. The normalized spacial score (nSPS) is 13.0. The maximum absolute atomic E-state index is 14.5. The van der Waals surface area contributed by atoms with E-state index in [1.165, 1.54) is 46.2 Å². The van der Waals surface area contributed by atoms with Crippen LogP contribution in [0.1, 0.15) is 37.5 Å². The highest BCUT2D eigenvalue weighted by Crippen LogP contribution is 2.21. The summed E-state index contributed by atoms with van der Waals surface area (Å²) in [5.41, 5.74) is 8.63. The number of likely N-dealkylation sites (N-methyl/N-ethyl adjacent to an activating group) is 3. The smallest absolute Gasteiger partial charge is 0.246 e. The average molecular weight is 591 g/mol. The van der Waals surface area contributed by atoms with E-state index in [1.807, 2.05) is 0 Å². The summed E-state index contributed by atoms with van der Waals surface area (Å²) < 4.78 is 0. The Bertz CT molecular complexity index is 1350. The number of carbonyl (C=O) groups is 3. The van der Waals surface area contributed by atoms with Crippen molar-refractivity contribution in [2.45, 2.75) is 58.2 Å². The lowest BCUT2D eigenvalue weighted by Gasteiger charge is -2.38. The van der Waals surface area contributed by atoms with Crippen LogP contribution in [0.15, 0.2) is 72.8 Å². The molecule has 0 saturated heterocycles. The van der Waals surface area contributed by atoms with Gasteiger partial charge in [0.05, 0.1) is 6.04 Å². The molecule has 0 aliphatic carbocycles. The predicted molar refractivity (Wildman–Crippen MR) is 164 cm³/mol. The van der Waals surface area contributed by atoms with Crippen molar-refractivity contribution >= 4 is 17.7 Å². The molecule has 43 heavy (non-hydrogen) atoms. The fourth-order valence-electron chi connectivity index (χ4n) is 5.12. The summed E-state index contributed by atoms with van der Waals surface area (Å²) >= 11 is 0. The van der Waals surface area contributed by atoms with Crippen molar-refractivity contribution in [1.82, 2.24) is 15.1 Å². The molecule has 0 heterocycles. The van der Waals surface area contributed by atoms with Crippen LogP contribution >= 0.6 is 0 Å². The van der Waals surface area contributed by atoms with Crippen LogP contribution in [0.4, 0.5) is 0 Å². The van der Waals surface area contributed by atoms with Crippen LogP contribution in [0.25, 0.3) is 0 Å². The third-order valence-corrected chi connectivity index (χ3v) is 7.38. The Kier molecular flexibility index (Phi) is 11.9. The summed E-state index contributed by atoms with van der Waals surface area (Å²) in [5.74, 6) is -0.878. The first-order valence-electron chi connectivity index (χ1n) is 14.6. The van der Waals surface area contributed by atoms with Crippen LogP contribution < -0.4 is 11.1 Å². The van der Waals surface area contributed by atoms with E-state index in [4.69, 9.17) is 5.73 Å². The number of nitrogens with two attached hydrogens (primary N) is 1. The highest BCUT2D eigenvalue weighted by Gasteiger charge is 2.38. The molecule has 0 radical (unpaired) electrons. The zero-order valence-electron chi connectivity index (χ0n) is 24.9. The van der Waals surface area contributed by atoms with Crippen molar-refractivity contribution in [3.8, 4) is 17.2 Å².